The van der Waals surface area contributed by atoms with Gasteiger partial charge in [0.2, 0.25) is 0 Å². The van der Waals surface area contributed by atoms with Gasteiger partial charge in [-0.05, 0) is 47.7 Å². The smallest absolute Gasteiger partial charge is 0.192 e. The maximum atomic E-state index is 6.30. The van der Waals surface area contributed by atoms with Crippen molar-refractivity contribution in [3.05, 3.63) is 58.8 Å². The minimum Gasteiger partial charge on any atom is -0.413 e. The van der Waals surface area contributed by atoms with Crippen LogP contribution in [0.25, 0.3) is 6.08 Å². The van der Waals surface area contributed by atoms with Gasteiger partial charge < -0.3 is 4.43 Å². The molecule has 0 radical (unpaired) electrons. The molecule has 1 aromatic carbocycles. The molecule has 0 aliphatic carbocycles. The van der Waals surface area contributed by atoms with Gasteiger partial charge in [-0.2, -0.15) is 0 Å². The van der Waals surface area contributed by atoms with Crippen molar-refractivity contribution < 1.29 is 4.43 Å². The van der Waals surface area contributed by atoms with Crippen LogP contribution in [0, 0.1) is 5.41 Å². The summed E-state index contributed by atoms with van der Waals surface area (Å²) in [4.78, 5) is 0. The van der Waals surface area contributed by atoms with Gasteiger partial charge in [0.1, 0.15) is 0 Å². The first-order valence-corrected chi connectivity index (χ1v) is 12.1. The van der Waals surface area contributed by atoms with Crippen molar-refractivity contribution in [3.8, 4) is 0 Å². The number of benzene rings is 1. The van der Waals surface area contributed by atoms with Crippen LogP contribution < -0.4 is 0 Å². The SMILES string of the molecule is C/C(=C/CO[Si](C)(C)C(C)(C)C)C(=C=Cc1ccccc1)C(C)(C)C. The second kappa shape index (κ2) is 8.36. The normalized spacial score (nSPS) is 13.4. The van der Waals surface area contributed by atoms with Crippen LogP contribution >= 0.6 is 0 Å². The van der Waals surface area contributed by atoms with E-state index in [2.05, 4.69) is 104 Å². The van der Waals surface area contributed by atoms with Crippen molar-refractivity contribution in [3.63, 3.8) is 0 Å². The molecule has 0 amide bonds. The molecule has 0 aliphatic heterocycles. The quantitative estimate of drug-likeness (QED) is 0.307. The van der Waals surface area contributed by atoms with Crippen molar-refractivity contribution in [2.45, 2.75) is 66.6 Å². The summed E-state index contributed by atoms with van der Waals surface area (Å²) in [5.74, 6) is 0. The minimum absolute atomic E-state index is 0.0445. The summed E-state index contributed by atoms with van der Waals surface area (Å²) in [6, 6.07) is 10.4. The van der Waals surface area contributed by atoms with E-state index in [1.54, 1.807) is 0 Å². The van der Waals surface area contributed by atoms with Gasteiger partial charge in [-0.25, -0.2) is 0 Å². The van der Waals surface area contributed by atoms with Gasteiger partial charge in [0.15, 0.2) is 8.32 Å². The zero-order valence-electron chi connectivity index (χ0n) is 17.7. The average Bonchev–Trinajstić information content (AvgIpc) is 2.45. The lowest BCUT2D eigenvalue weighted by molar-refractivity contribution is 0.327. The fraction of sp³-hybridized carbons (Fsp3) is 0.522. The first-order chi connectivity index (χ1) is 11.3. The zero-order valence-corrected chi connectivity index (χ0v) is 18.7. The molecule has 1 aromatic rings. The molecule has 0 aromatic heterocycles. The second-order valence-electron chi connectivity index (χ2n) is 9.28. The number of hydrogen-bond donors (Lipinski definition) is 0. The Balaban J connectivity index is 3.03. The first-order valence-electron chi connectivity index (χ1n) is 9.18. The van der Waals surface area contributed by atoms with E-state index in [1.807, 2.05) is 6.07 Å². The predicted octanol–water partition coefficient (Wildman–Crippen LogP) is 7.24. The molecule has 1 nitrogen and oxygen atoms in total. The number of hydrogen-bond acceptors (Lipinski definition) is 1. The Labute approximate surface area is 156 Å². The summed E-state index contributed by atoms with van der Waals surface area (Å²) in [6.07, 6.45) is 4.29. The Kier molecular flexibility index (Phi) is 7.25. The fourth-order valence-corrected chi connectivity index (χ4v) is 3.25. The number of rotatable bonds is 5. The Bertz CT molecular complexity index is 646. The third kappa shape index (κ3) is 6.82. The Hall–Kier alpha value is -1.34. The highest BCUT2D eigenvalue weighted by Gasteiger charge is 2.36. The lowest BCUT2D eigenvalue weighted by Gasteiger charge is -2.35. The van der Waals surface area contributed by atoms with Crippen molar-refractivity contribution in [1.82, 2.24) is 0 Å². The largest absolute Gasteiger partial charge is 0.413 e. The molecule has 0 saturated carbocycles. The Morgan fingerprint density at radius 1 is 1.04 bits per heavy atom. The van der Waals surface area contributed by atoms with Crippen LogP contribution in [-0.4, -0.2) is 14.9 Å². The van der Waals surface area contributed by atoms with Crippen LogP contribution in [0.15, 0.2) is 53.3 Å². The molecule has 0 heterocycles. The second-order valence-corrected chi connectivity index (χ2v) is 14.1. The van der Waals surface area contributed by atoms with E-state index in [4.69, 9.17) is 4.43 Å². The van der Waals surface area contributed by atoms with E-state index in [0.29, 0.717) is 6.61 Å². The van der Waals surface area contributed by atoms with Crippen molar-refractivity contribution >= 4 is 14.4 Å². The van der Waals surface area contributed by atoms with Gasteiger partial charge in [0.25, 0.3) is 0 Å². The molecule has 0 atom stereocenters. The highest BCUT2D eigenvalue weighted by Crippen LogP contribution is 2.36. The fourth-order valence-electron chi connectivity index (χ4n) is 2.32. The van der Waals surface area contributed by atoms with Crippen molar-refractivity contribution in [1.29, 1.82) is 0 Å². The monoisotopic (exact) mass is 356 g/mol. The predicted molar refractivity (Wildman–Crippen MR) is 114 cm³/mol. The molecule has 0 N–H and O–H groups in total. The lowest BCUT2D eigenvalue weighted by atomic mass is 9.82. The van der Waals surface area contributed by atoms with Gasteiger partial charge >= 0.3 is 0 Å². The van der Waals surface area contributed by atoms with Crippen LogP contribution in [0.3, 0.4) is 0 Å². The molecule has 0 fully saturated rings. The van der Waals surface area contributed by atoms with Gasteiger partial charge in [0, 0.05) is 5.57 Å². The lowest BCUT2D eigenvalue weighted by Crippen LogP contribution is -2.40. The highest BCUT2D eigenvalue weighted by molar-refractivity contribution is 6.74. The molecule has 25 heavy (non-hydrogen) atoms. The number of allylic oxidation sites excluding steroid dienone is 2. The van der Waals surface area contributed by atoms with E-state index in [1.165, 1.54) is 16.7 Å². The maximum Gasteiger partial charge on any atom is 0.192 e. The highest BCUT2D eigenvalue weighted by atomic mass is 28.4. The molecule has 0 unspecified atom stereocenters. The molecular formula is C23H36OSi. The topological polar surface area (TPSA) is 9.23 Å². The van der Waals surface area contributed by atoms with Crippen LogP contribution in [0.5, 0.6) is 0 Å². The molecule has 0 aliphatic rings. The summed E-state index contributed by atoms with van der Waals surface area (Å²) >= 11 is 0. The molecule has 0 spiro atoms. The van der Waals surface area contributed by atoms with E-state index in [-0.39, 0.29) is 10.5 Å². The Morgan fingerprint density at radius 2 is 1.60 bits per heavy atom. The zero-order chi connectivity index (χ0) is 19.3. The van der Waals surface area contributed by atoms with E-state index in [9.17, 15) is 0 Å². The standard InChI is InChI=1S/C23H36OSi/c1-19(17-18-24-25(8,9)23(5,6)7)21(22(2,3)4)16-15-20-13-11-10-12-14-20/h10-15,17H,18H2,1-9H3/b19-17-. The van der Waals surface area contributed by atoms with Gasteiger partial charge in [-0.1, -0.05) is 78.0 Å². The van der Waals surface area contributed by atoms with Crippen LogP contribution in [0.2, 0.25) is 18.1 Å². The third-order valence-electron chi connectivity index (χ3n) is 4.97. The molecular weight excluding hydrogens is 320 g/mol. The van der Waals surface area contributed by atoms with Crippen LogP contribution in [-0.2, 0) is 4.43 Å². The van der Waals surface area contributed by atoms with Gasteiger partial charge in [0.05, 0.1) is 6.61 Å². The third-order valence-corrected chi connectivity index (χ3v) is 9.47. The molecule has 2 heteroatoms. The molecule has 0 saturated heterocycles. The maximum absolute atomic E-state index is 6.30. The molecule has 0 bridgehead atoms. The average molecular weight is 357 g/mol. The first kappa shape index (κ1) is 21.7. The van der Waals surface area contributed by atoms with E-state index < -0.39 is 8.32 Å². The Morgan fingerprint density at radius 3 is 2.08 bits per heavy atom. The summed E-state index contributed by atoms with van der Waals surface area (Å²) in [6.45, 7) is 21.0. The summed E-state index contributed by atoms with van der Waals surface area (Å²) in [5, 5.41) is 0.241. The van der Waals surface area contributed by atoms with Crippen molar-refractivity contribution in [2.75, 3.05) is 6.61 Å². The van der Waals surface area contributed by atoms with Gasteiger partial charge in [-0.3, -0.25) is 0 Å². The summed E-state index contributed by atoms with van der Waals surface area (Å²) < 4.78 is 6.30. The molecule has 1 rings (SSSR count). The summed E-state index contributed by atoms with van der Waals surface area (Å²) in [7, 11) is -1.71. The minimum atomic E-state index is -1.71. The van der Waals surface area contributed by atoms with E-state index >= 15 is 0 Å². The van der Waals surface area contributed by atoms with Crippen LogP contribution in [0.4, 0.5) is 0 Å². The van der Waals surface area contributed by atoms with Gasteiger partial charge in [-0.15, -0.1) is 5.73 Å². The van der Waals surface area contributed by atoms with Crippen LogP contribution in [0.1, 0.15) is 54.0 Å². The molecule has 138 valence electrons. The van der Waals surface area contributed by atoms with E-state index in [0.717, 1.165) is 0 Å². The van der Waals surface area contributed by atoms with Crippen molar-refractivity contribution in [2.24, 2.45) is 5.41 Å². The summed E-state index contributed by atoms with van der Waals surface area (Å²) in [5.41, 5.74) is 7.23.